The molecule has 25 heavy (non-hydrogen) atoms. The van der Waals surface area contributed by atoms with E-state index >= 15 is 0 Å². The van der Waals surface area contributed by atoms with Crippen molar-refractivity contribution < 1.29 is 21.9 Å². The molecular weight excluding hydrogens is 370 g/mol. The van der Waals surface area contributed by atoms with Gasteiger partial charge in [0.05, 0.1) is 28.7 Å². The maximum Gasteiger partial charge on any atom is 0.185 e. The van der Waals surface area contributed by atoms with Crippen molar-refractivity contribution in [2.75, 3.05) is 6.61 Å². The van der Waals surface area contributed by atoms with Gasteiger partial charge in [-0.3, -0.25) is 0 Å². The molecule has 7 heteroatoms. The van der Waals surface area contributed by atoms with Gasteiger partial charge in [0.1, 0.15) is 5.83 Å². The highest BCUT2D eigenvalue weighted by Crippen LogP contribution is 2.31. The van der Waals surface area contributed by atoms with Crippen LogP contribution in [0.3, 0.4) is 0 Å². The summed E-state index contributed by atoms with van der Waals surface area (Å²) in [6.07, 6.45) is 2.53. The van der Waals surface area contributed by atoms with E-state index in [9.17, 15) is 17.2 Å². The van der Waals surface area contributed by atoms with Crippen LogP contribution in [0.1, 0.15) is 33.1 Å². The Hall–Kier alpha value is -1.24. The molecule has 0 aromatic heterocycles. The Bertz CT molecular complexity index is 758. The van der Waals surface area contributed by atoms with E-state index in [4.69, 9.17) is 16.3 Å². The number of sulfone groups is 1. The van der Waals surface area contributed by atoms with Crippen molar-refractivity contribution in [1.82, 2.24) is 0 Å². The molecule has 0 bridgehead atoms. The molecule has 138 valence electrons. The fourth-order valence-corrected chi connectivity index (χ4v) is 4.67. The van der Waals surface area contributed by atoms with E-state index < -0.39 is 26.7 Å². The lowest BCUT2D eigenvalue weighted by molar-refractivity contribution is 0.389. The van der Waals surface area contributed by atoms with Gasteiger partial charge in [-0.05, 0) is 63.5 Å². The minimum Gasteiger partial charge on any atom is -0.373 e. The van der Waals surface area contributed by atoms with Crippen molar-refractivity contribution >= 4 is 21.4 Å². The number of hydrogen-bond donors (Lipinski definition) is 0. The smallest absolute Gasteiger partial charge is 0.185 e. The second-order valence-corrected chi connectivity index (χ2v) is 8.66. The number of ether oxygens (including phenoxy) is 1. The fraction of sp³-hybridized carbons (Fsp3) is 0.444. The first-order valence-electron chi connectivity index (χ1n) is 8.03. The third-order valence-corrected chi connectivity index (χ3v) is 6.43. The molecule has 2 atom stereocenters. The summed E-state index contributed by atoms with van der Waals surface area (Å²) in [5.41, 5.74) is -0.147. The third kappa shape index (κ3) is 5.62. The molecule has 2 rings (SSSR count). The van der Waals surface area contributed by atoms with Gasteiger partial charge in [0.2, 0.25) is 0 Å². The number of benzene rings is 1. The van der Waals surface area contributed by atoms with Crippen LogP contribution in [-0.4, -0.2) is 26.4 Å². The first-order valence-corrected chi connectivity index (χ1v) is 9.95. The Kier molecular flexibility index (Phi) is 6.77. The highest BCUT2D eigenvalue weighted by Gasteiger charge is 2.32. The molecule has 1 aromatic rings. The molecule has 1 heterocycles. The van der Waals surface area contributed by atoms with Crippen molar-refractivity contribution in [3.05, 3.63) is 52.6 Å². The lowest BCUT2D eigenvalue weighted by atomic mass is 10.0. The van der Waals surface area contributed by atoms with Gasteiger partial charge in [-0.2, -0.15) is 0 Å². The maximum atomic E-state index is 14.0. The van der Waals surface area contributed by atoms with Gasteiger partial charge >= 0.3 is 0 Å². The normalized spacial score (nSPS) is 20.2. The third-order valence-electron chi connectivity index (χ3n) is 4.01. The van der Waals surface area contributed by atoms with Gasteiger partial charge in [0.25, 0.3) is 0 Å². The highest BCUT2D eigenvalue weighted by atomic mass is 35.5. The molecule has 1 aliphatic heterocycles. The van der Waals surface area contributed by atoms with Crippen molar-refractivity contribution in [1.29, 1.82) is 0 Å². The van der Waals surface area contributed by atoms with Crippen LogP contribution in [0.5, 0.6) is 0 Å². The molecule has 2 unspecified atom stereocenters. The molecule has 1 aromatic carbocycles. The predicted octanol–water partition coefficient (Wildman–Crippen LogP) is 5.17. The fourth-order valence-electron chi connectivity index (χ4n) is 2.66. The molecule has 0 amide bonds. The van der Waals surface area contributed by atoms with Crippen LogP contribution in [0.25, 0.3) is 0 Å². The van der Waals surface area contributed by atoms with Crippen LogP contribution >= 0.6 is 11.6 Å². The molecule has 1 aliphatic rings. The average Bonchev–Trinajstić information content (AvgIpc) is 3.34. The van der Waals surface area contributed by atoms with Gasteiger partial charge in [-0.15, -0.1) is 0 Å². The van der Waals surface area contributed by atoms with Gasteiger partial charge in [-0.25, -0.2) is 17.2 Å². The summed E-state index contributed by atoms with van der Waals surface area (Å²) in [6.45, 7) is 2.97. The lowest BCUT2D eigenvalue weighted by Gasteiger charge is -2.20. The van der Waals surface area contributed by atoms with E-state index in [1.165, 1.54) is 24.3 Å². The molecule has 0 radical (unpaired) electrons. The highest BCUT2D eigenvalue weighted by molar-refractivity contribution is 7.92. The molecule has 0 spiro atoms. The Labute approximate surface area is 152 Å². The summed E-state index contributed by atoms with van der Waals surface area (Å²) >= 11 is 5.81. The Morgan fingerprint density at radius 2 is 1.92 bits per heavy atom. The summed E-state index contributed by atoms with van der Waals surface area (Å²) in [4.78, 5) is 0.0354. The first-order chi connectivity index (χ1) is 11.7. The number of allylic oxidation sites excluding steroid dienone is 3. The Morgan fingerprint density at radius 3 is 2.40 bits per heavy atom. The Balaban J connectivity index is 2.39. The van der Waals surface area contributed by atoms with E-state index in [1.807, 2.05) is 0 Å². The quantitative estimate of drug-likeness (QED) is 0.454. The number of hydrogen-bond acceptors (Lipinski definition) is 3. The lowest BCUT2D eigenvalue weighted by Crippen LogP contribution is -2.24. The van der Waals surface area contributed by atoms with Crippen molar-refractivity contribution in [2.24, 2.45) is 0 Å². The van der Waals surface area contributed by atoms with E-state index in [1.54, 1.807) is 0 Å². The standard InChI is InChI=1S/C18H21ClF2O3S/c1-12(20)10-17(13(2)21)18(5-3-4-15-11-24-15)25(22,23)16-8-6-14(19)7-9-16/h6-10,15,18H,3-5,11H2,1-2H3. The molecule has 0 aliphatic carbocycles. The summed E-state index contributed by atoms with van der Waals surface area (Å²) in [7, 11) is -3.89. The van der Waals surface area contributed by atoms with Gasteiger partial charge in [0.15, 0.2) is 9.84 Å². The summed E-state index contributed by atoms with van der Waals surface area (Å²) in [5.74, 6) is -1.35. The average molecular weight is 391 g/mol. The zero-order valence-corrected chi connectivity index (χ0v) is 15.7. The molecule has 1 saturated heterocycles. The molecular formula is C18H21ClF2O3S. The molecule has 3 nitrogen and oxygen atoms in total. The van der Waals surface area contributed by atoms with Crippen molar-refractivity contribution in [3.8, 4) is 0 Å². The first kappa shape index (κ1) is 20.1. The van der Waals surface area contributed by atoms with E-state index in [2.05, 4.69) is 0 Å². The summed E-state index contributed by atoms with van der Waals surface area (Å²) in [5, 5.41) is -0.763. The van der Waals surface area contributed by atoms with E-state index in [0.717, 1.165) is 19.9 Å². The van der Waals surface area contributed by atoms with Crippen LogP contribution < -0.4 is 0 Å². The SMILES string of the molecule is CC(F)=CC(=C(C)F)C(CCCC1CO1)S(=O)(=O)c1ccc(Cl)cc1. The van der Waals surface area contributed by atoms with Crippen molar-refractivity contribution in [2.45, 2.75) is 49.4 Å². The van der Waals surface area contributed by atoms with E-state index in [-0.39, 0.29) is 23.0 Å². The van der Waals surface area contributed by atoms with Crippen LogP contribution in [-0.2, 0) is 14.6 Å². The minimum atomic E-state index is -3.89. The Morgan fingerprint density at radius 1 is 1.32 bits per heavy atom. The van der Waals surface area contributed by atoms with Gasteiger partial charge in [-0.1, -0.05) is 11.6 Å². The van der Waals surface area contributed by atoms with Gasteiger partial charge in [0, 0.05) is 10.6 Å². The molecule has 0 N–H and O–H groups in total. The van der Waals surface area contributed by atoms with E-state index in [0.29, 0.717) is 24.5 Å². The predicted molar refractivity (Wildman–Crippen MR) is 94.7 cm³/mol. The number of rotatable bonds is 8. The van der Waals surface area contributed by atoms with Crippen molar-refractivity contribution in [3.63, 3.8) is 0 Å². The minimum absolute atomic E-state index is 0.0354. The molecule has 0 saturated carbocycles. The zero-order valence-electron chi connectivity index (χ0n) is 14.1. The van der Waals surface area contributed by atoms with Crippen LogP contribution in [0.2, 0.25) is 5.02 Å². The number of epoxide rings is 1. The second kappa shape index (κ2) is 8.43. The molecule has 1 fully saturated rings. The number of halogens is 3. The largest absolute Gasteiger partial charge is 0.373 e. The van der Waals surface area contributed by atoms with Crippen LogP contribution in [0.4, 0.5) is 8.78 Å². The second-order valence-electron chi connectivity index (χ2n) is 6.09. The van der Waals surface area contributed by atoms with Crippen LogP contribution in [0, 0.1) is 0 Å². The topological polar surface area (TPSA) is 46.7 Å². The monoisotopic (exact) mass is 390 g/mol. The van der Waals surface area contributed by atoms with Gasteiger partial charge < -0.3 is 4.74 Å². The maximum absolute atomic E-state index is 14.0. The zero-order chi connectivity index (χ0) is 18.6. The summed E-state index contributed by atoms with van der Waals surface area (Å²) < 4.78 is 58.6. The van der Waals surface area contributed by atoms with Crippen LogP contribution in [0.15, 0.2) is 52.5 Å². The summed E-state index contributed by atoms with van der Waals surface area (Å²) in [6, 6.07) is 5.69.